The standard InChI is InChI=1S/C19H28O9/c1-19(2)27-13-7-6-10(8-14(13)28-19)4-3-5-11(21)15(23)17(25)18(26)16(24)12(22)9-20/h6-8,12,15-18,20,22-26H,3-5,9H2,1-2H3. The highest BCUT2D eigenvalue weighted by Crippen LogP contribution is 2.39. The number of aryl methyl sites for hydroxylation is 1. The highest BCUT2D eigenvalue weighted by molar-refractivity contribution is 5.83. The molecule has 6 N–H and O–H groups in total. The Morgan fingerprint density at radius 1 is 1.00 bits per heavy atom. The molecule has 0 spiro atoms. The van der Waals surface area contributed by atoms with Gasteiger partial charge in [-0.25, -0.2) is 0 Å². The van der Waals surface area contributed by atoms with Crippen molar-refractivity contribution < 1.29 is 44.9 Å². The first-order valence-electron chi connectivity index (χ1n) is 9.10. The predicted molar refractivity (Wildman–Crippen MR) is 96.8 cm³/mol. The molecule has 1 aromatic carbocycles. The summed E-state index contributed by atoms with van der Waals surface area (Å²) in [7, 11) is 0. The Kier molecular flexibility index (Phi) is 7.38. The topological polar surface area (TPSA) is 157 Å². The van der Waals surface area contributed by atoms with Crippen LogP contribution in [0.1, 0.15) is 32.3 Å². The molecule has 0 bridgehead atoms. The third kappa shape index (κ3) is 5.40. The number of aliphatic hydroxyl groups is 6. The monoisotopic (exact) mass is 400 g/mol. The van der Waals surface area contributed by atoms with Crippen molar-refractivity contribution in [3.8, 4) is 11.5 Å². The lowest BCUT2D eigenvalue weighted by Crippen LogP contribution is -2.51. The lowest BCUT2D eigenvalue weighted by molar-refractivity contribution is -0.155. The minimum absolute atomic E-state index is 0.0659. The molecule has 9 heteroatoms. The van der Waals surface area contributed by atoms with Gasteiger partial charge in [-0.05, 0) is 30.5 Å². The van der Waals surface area contributed by atoms with Crippen LogP contribution in [0.3, 0.4) is 0 Å². The summed E-state index contributed by atoms with van der Waals surface area (Å²) in [4.78, 5) is 12.1. The van der Waals surface area contributed by atoms with Crippen LogP contribution in [0.5, 0.6) is 11.5 Å². The quantitative estimate of drug-likeness (QED) is 0.286. The minimum atomic E-state index is -1.99. The van der Waals surface area contributed by atoms with E-state index in [2.05, 4.69) is 0 Å². The highest BCUT2D eigenvalue weighted by atomic mass is 16.7. The number of benzene rings is 1. The third-order valence-electron chi connectivity index (χ3n) is 4.54. The van der Waals surface area contributed by atoms with Crippen molar-refractivity contribution in [2.24, 2.45) is 0 Å². The highest BCUT2D eigenvalue weighted by Gasteiger charge is 2.36. The van der Waals surface area contributed by atoms with E-state index in [9.17, 15) is 30.3 Å². The molecule has 0 saturated carbocycles. The van der Waals surface area contributed by atoms with Crippen molar-refractivity contribution in [1.29, 1.82) is 0 Å². The summed E-state index contributed by atoms with van der Waals surface area (Å²) >= 11 is 0. The predicted octanol–water partition coefficient (Wildman–Crippen LogP) is -1.12. The van der Waals surface area contributed by atoms with Crippen LogP contribution in [0, 0.1) is 0 Å². The molecule has 28 heavy (non-hydrogen) atoms. The van der Waals surface area contributed by atoms with E-state index in [0.717, 1.165) is 5.56 Å². The maximum Gasteiger partial charge on any atom is 0.246 e. The molecule has 0 amide bonds. The maximum absolute atomic E-state index is 12.1. The molecule has 158 valence electrons. The smallest absolute Gasteiger partial charge is 0.246 e. The normalized spacial score (nSPS) is 20.3. The average molecular weight is 400 g/mol. The van der Waals surface area contributed by atoms with Crippen LogP contribution in [0.4, 0.5) is 0 Å². The maximum atomic E-state index is 12.1. The van der Waals surface area contributed by atoms with Crippen LogP contribution in [-0.4, -0.2) is 79.3 Å². The van der Waals surface area contributed by atoms with Crippen LogP contribution in [-0.2, 0) is 11.2 Å². The summed E-state index contributed by atoms with van der Waals surface area (Å²) in [5, 5.41) is 57.0. The van der Waals surface area contributed by atoms with Gasteiger partial charge >= 0.3 is 0 Å². The molecule has 5 unspecified atom stereocenters. The van der Waals surface area contributed by atoms with Gasteiger partial charge in [0.15, 0.2) is 17.3 Å². The Balaban J connectivity index is 1.84. The van der Waals surface area contributed by atoms with E-state index < -0.39 is 48.7 Å². The molecule has 1 aliphatic rings. The zero-order valence-electron chi connectivity index (χ0n) is 15.9. The van der Waals surface area contributed by atoms with E-state index in [1.54, 1.807) is 19.9 Å². The first kappa shape index (κ1) is 22.5. The molecular formula is C19H28O9. The third-order valence-corrected chi connectivity index (χ3v) is 4.54. The Morgan fingerprint density at radius 3 is 2.29 bits per heavy atom. The van der Waals surface area contributed by atoms with Gasteiger partial charge in [0.1, 0.15) is 30.5 Å². The number of hydrogen-bond donors (Lipinski definition) is 6. The molecule has 1 aromatic rings. The van der Waals surface area contributed by atoms with Gasteiger partial charge in [-0.1, -0.05) is 6.07 Å². The molecule has 0 aromatic heterocycles. The number of aliphatic hydroxyl groups excluding tert-OH is 6. The second kappa shape index (κ2) is 9.17. The number of carbonyl (C=O) groups is 1. The first-order chi connectivity index (χ1) is 13.1. The fourth-order valence-electron chi connectivity index (χ4n) is 2.95. The van der Waals surface area contributed by atoms with Crippen LogP contribution in [0.25, 0.3) is 0 Å². The summed E-state index contributed by atoms with van der Waals surface area (Å²) in [6.07, 6.45) is -8.68. The molecule has 2 rings (SSSR count). The summed E-state index contributed by atoms with van der Waals surface area (Å²) in [5.74, 6) is -0.185. The molecule has 0 radical (unpaired) electrons. The first-order valence-corrected chi connectivity index (χ1v) is 9.10. The lowest BCUT2D eigenvalue weighted by atomic mass is 9.95. The number of ether oxygens (including phenoxy) is 2. The summed E-state index contributed by atoms with van der Waals surface area (Å²) in [6.45, 7) is 2.74. The van der Waals surface area contributed by atoms with E-state index in [4.69, 9.17) is 14.6 Å². The van der Waals surface area contributed by atoms with Crippen molar-refractivity contribution in [2.75, 3.05) is 6.61 Å². The largest absolute Gasteiger partial charge is 0.449 e. The zero-order valence-corrected chi connectivity index (χ0v) is 15.9. The second-order valence-electron chi connectivity index (χ2n) is 7.37. The van der Waals surface area contributed by atoms with Crippen LogP contribution >= 0.6 is 0 Å². The van der Waals surface area contributed by atoms with E-state index in [1.807, 2.05) is 12.1 Å². The molecular weight excluding hydrogens is 372 g/mol. The molecule has 1 heterocycles. The Morgan fingerprint density at radius 2 is 1.64 bits per heavy atom. The van der Waals surface area contributed by atoms with Crippen molar-refractivity contribution in [2.45, 2.75) is 69.4 Å². The lowest BCUT2D eigenvalue weighted by Gasteiger charge is -2.27. The van der Waals surface area contributed by atoms with Crippen molar-refractivity contribution in [1.82, 2.24) is 0 Å². The van der Waals surface area contributed by atoms with Crippen molar-refractivity contribution in [3.05, 3.63) is 23.8 Å². The molecule has 5 atom stereocenters. The summed E-state index contributed by atoms with van der Waals surface area (Å²) < 4.78 is 11.3. The Bertz CT molecular complexity index is 675. The van der Waals surface area contributed by atoms with Gasteiger partial charge in [-0.2, -0.15) is 0 Å². The van der Waals surface area contributed by atoms with Gasteiger partial charge in [0, 0.05) is 20.3 Å². The average Bonchev–Trinajstić information content (AvgIpc) is 2.97. The SMILES string of the molecule is CC1(C)Oc2ccc(CCCC(=O)C(O)C(O)C(O)C(O)C(O)CO)cc2O1. The van der Waals surface area contributed by atoms with Crippen molar-refractivity contribution >= 4 is 5.78 Å². The number of carbonyl (C=O) groups excluding carboxylic acids is 1. The minimum Gasteiger partial charge on any atom is -0.449 e. The molecule has 9 nitrogen and oxygen atoms in total. The Labute approximate surface area is 162 Å². The van der Waals surface area contributed by atoms with Crippen LogP contribution in [0.2, 0.25) is 0 Å². The molecule has 0 aliphatic carbocycles. The fraction of sp³-hybridized carbons (Fsp3) is 0.632. The number of ketones is 1. The van der Waals surface area contributed by atoms with Crippen molar-refractivity contribution in [3.63, 3.8) is 0 Å². The van der Waals surface area contributed by atoms with Gasteiger partial charge in [0.2, 0.25) is 5.79 Å². The van der Waals surface area contributed by atoms with E-state index >= 15 is 0 Å². The van der Waals surface area contributed by atoms with Crippen LogP contribution < -0.4 is 9.47 Å². The van der Waals surface area contributed by atoms with Gasteiger partial charge in [0.05, 0.1) is 6.61 Å². The number of fused-ring (bicyclic) bond motifs is 1. The molecule has 0 saturated heterocycles. The second-order valence-corrected chi connectivity index (χ2v) is 7.37. The van der Waals surface area contributed by atoms with Gasteiger partial charge in [0.25, 0.3) is 0 Å². The van der Waals surface area contributed by atoms with Gasteiger partial charge in [-0.3, -0.25) is 4.79 Å². The van der Waals surface area contributed by atoms with E-state index in [-0.39, 0.29) is 6.42 Å². The van der Waals surface area contributed by atoms with Crippen LogP contribution in [0.15, 0.2) is 18.2 Å². The van der Waals surface area contributed by atoms with Gasteiger partial charge < -0.3 is 40.1 Å². The van der Waals surface area contributed by atoms with Gasteiger partial charge in [-0.15, -0.1) is 0 Å². The van der Waals surface area contributed by atoms with E-state index in [1.165, 1.54) is 0 Å². The molecule has 1 aliphatic heterocycles. The number of hydrogen-bond acceptors (Lipinski definition) is 9. The zero-order chi connectivity index (χ0) is 21.1. The fourth-order valence-corrected chi connectivity index (χ4v) is 2.95. The van der Waals surface area contributed by atoms with E-state index in [0.29, 0.717) is 24.3 Å². The number of rotatable bonds is 10. The molecule has 0 fully saturated rings. The Hall–Kier alpha value is -1.75. The number of Topliss-reactive ketones (excluding diaryl/α,β-unsaturated/α-hetero) is 1. The summed E-state index contributed by atoms with van der Waals surface area (Å²) in [5.41, 5.74) is 0.907. The summed E-state index contributed by atoms with van der Waals surface area (Å²) in [6, 6.07) is 5.44.